The van der Waals surface area contributed by atoms with Gasteiger partial charge in [0.15, 0.2) is 0 Å². The number of halogens is 2. The smallest absolute Gasteiger partial charge is 0.251 e. The van der Waals surface area contributed by atoms with Crippen LogP contribution in [0.25, 0.3) is 5.69 Å². The molecule has 0 unspecified atom stereocenters. The van der Waals surface area contributed by atoms with Gasteiger partial charge in [-0.3, -0.25) is 9.78 Å². The molecule has 7 heteroatoms. The van der Waals surface area contributed by atoms with E-state index in [0.29, 0.717) is 12.3 Å². The maximum absolute atomic E-state index is 13.4. The zero-order valence-corrected chi connectivity index (χ0v) is 15.0. The van der Waals surface area contributed by atoms with E-state index < -0.39 is 17.5 Å². The van der Waals surface area contributed by atoms with Gasteiger partial charge in [0.1, 0.15) is 11.6 Å². The third-order valence-corrected chi connectivity index (χ3v) is 5.32. The maximum Gasteiger partial charge on any atom is 0.251 e. The van der Waals surface area contributed by atoms with Gasteiger partial charge in [-0.2, -0.15) is 5.10 Å². The van der Waals surface area contributed by atoms with Crippen LogP contribution in [0.15, 0.2) is 42.7 Å². The van der Waals surface area contributed by atoms with Gasteiger partial charge in [0.05, 0.1) is 17.4 Å². The van der Waals surface area contributed by atoms with E-state index in [1.54, 1.807) is 6.20 Å². The third-order valence-electron chi connectivity index (χ3n) is 5.32. The van der Waals surface area contributed by atoms with Gasteiger partial charge < -0.3 is 5.32 Å². The summed E-state index contributed by atoms with van der Waals surface area (Å²) < 4.78 is 28.6. The van der Waals surface area contributed by atoms with Crippen LogP contribution in [-0.4, -0.2) is 20.7 Å². The Labute approximate surface area is 160 Å². The molecular weight excluding hydrogens is 362 g/mol. The molecule has 0 saturated heterocycles. The minimum atomic E-state index is -0.769. The summed E-state index contributed by atoms with van der Waals surface area (Å²) in [6.07, 6.45) is 7.54. The summed E-state index contributed by atoms with van der Waals surface area (Å²) in [6.45, 7) is 0. The van der Waals surface area contributed by atoms with Crippen LogP contribution in [0, 0.1) is 11.6 Å². The molecule has 142 valence electrons. The number of hydrogen-bond acceptors (Lipinski definition) is 3. The van der Waals surface area contributed by atoms with Crippen molar-refractivity contribution in [1.82, 2.24) is 20.1 Å². The standard InChI is InChI=1S/C21H18F2N4O/c22-14-7-13(8-15(23)9-14)21(28)25-18-3-4-19-17(18)11-27(26-19)16-5-6-24-20(10-16)12-1-2-12/h5-12,18H,1-4H2,(H,25,28)/t18-/m0/s1. The first-order valence-corrected chi connectivity index (χ1v) is 9.38. The highest BCUT2D eigenvalue weighted by Gasteiger charge is 2.29. The second kappa shape index (κ2) is 6.51. The van der Waals surface area contributed by atoms with Gasteiger partial charge in [0.2, 0.25) is 0 Å². The SMILES string of the molecule is O=C(N[C@H]1CCc2nn(-c3ccnc(C4CC4)c3)cc21)c1cc(F)cc(F)c1. The van der Waals surface area contributed by atoms with E-state index in [-0.39, 0.29) is 11.6 Å². The molecule has 2 aliphatic carbocycles. The van der Waals surface area contributed by atoms with E-state index in [1.807, 2.05) is 16.9 Å². The number of rotatable bonds is 4. The minimum absolute atomic E-state index is 0.0263. The maximum atomic E-state index is 13.4. The van der Waals surface area contributed by atoms with Gasteiger partial charge in [0, 0.05) is 41.2 Å². The molecule has 0 aliphatic heterocycles. The number of pyridine rings is 1. The molecule has 1 amide bonds. The Hall–Kier alpha value is -3.09. The van der Waals surface area contributed by atoms with E-state index >= 15 is 0 Å². The molecule has 1 saturated carbocycles. The van der Waals surface area contributed by atoms with Crippen LogP contribution in [0.5, 0.6) is 0 Å². The van der Waals surface area contributed by atoms with Crippen LogP contribution in [0.3, 0.4) is 0 Å². The average Bonchev–Trinajstić information content (AvgIpc) is 3.34. The quantitative estimate of drug-likeness (QED) is 0.748. The lowest BCUT2D eigenvalue weighted by molar-refractivity contribution is 0.0935. The van der Waals surface area contributed by atoms with Crippen LogP contribution in [0.2, 0.25) is 0 Å². The minimum Gasteiger partial charge on any atom is -0.345 e. The number of fused-ring (bicyclic) bond motifs is 1. The topological polar surface area (TPSA) is 59.8 Å². The number of benzene rings is 1. The van der Waals surface area contributed by atoms with E-state index in [0.717, 1.165) is 47.3 Å². The molecule has 5 nitrogen and oxygen atoms in total. The molecule has 2 aromatic heterocycles. The predicted octanol–water partition coefficient (Wildman–Crippen LogP) is 3.84. The summed E-state index contributed by atoms with van der Waals surface area (Å²) in [5.74, 6) is -1.48. The summed E-state index contributed by atoms with van der Waals surface area (Å²) in [6, 6.07) is 6.56. The van der Waals surface area contributed by atoms with Gasteiger partial charge in [-0.15, -0.1) is 0 Å². The molecule has 1 N–H and O–H groups in total. The van der Waals surface area contributed by atoms with Gasteiger partial charge in [-0.05, 0) is 49.9 Å². The van der Waals surface area contributed by atoms with Crippen LogP contribution in [0.4, 0.5) is 8.78 Å². The molecule has 3 aromatic rings. The lowest BCUT2D eigenvalue weighted by Gasteiger charge is -2.13. The summed E-state index contributed by atoms with van der Waals surface area (Å²) in [7, 11) is 0. The number of carbonyl (C=O) groups is 1. The normalized spacial score (nSPS) is 18.1. The fraction of sp³-hybridized carbons (Fsp3) is 0.286. The number of carbonyl (C=O) groups excluding carboxylic acids is 1. The Bertz CT molecular complexity index is 1050. The molecule has 1 aromatic carbocycles. The Kier molecular flexibility index (Phi) is 3.96. The zero-order chi connectivity index (χ0) is 19.3. The van der Waals surface area contributed by atoms with E-state index in [9.17, 15) is 13.6 Å². The number of amides is 1. The molecule has 0 bridgehead atoms. The zero-order valence-electron chi connectivity index (χ0n) is 15.0. The molecule has 0 spiro atoms. The van der Waals surface area contributed by atoms with E-state index in [2.05, 4.69) is 21.5 Å². The molecule has 2 aliphatic rings. The Morgan fingerprint density at radius 3 is 2.64 bits per heavy atom. The van der Waals surface area contributed by atoms with Crippen molar-refractivity contribution in [2.45, 2.75) is 37.6 Å². The summed E-state index contributed by atoms with van der Waals surface area (Å²) in [4.78, 5) is 16.9. The lowest BCUT2D eigenvalue weighted by Crippen LogP contribution is -2.27. The molecule has 0 radical (unpaired) electrons. The van der Waals surface area contributed by atoms with Crippen LogP contribution < -0.4 is 5.32 Å². The van der Waals surface area contributed by atoms with Crippen molar-refractivity contribution in [2.75, 3.05) is 0 Å². The van der Waals surface area contributed by atoms with Crippen molar-refractivity contribution in [3.63, 3.8) is 0 Å². The highest BCUT2D eigenvalue weighted by molar-refractivity contribution is 5.94. The number of nitrogens with zero attached hydrogens (tertiary/aromatic N) is 3. The molecule has 5 rings (SSSR count). The Morgan fingerprint density at radius 1 is 1.11 bits per heavy atom. The number of aryl methyl sites for hydroxylation is 1. The van der Waals surface area contributed by atoms with Crippen LogP contribution in [0.1, 0.15) is 58.5 Å². The van der Waals surface area contributed by atoms with Gasteiger partial charge >= 0.3 is 0 Å². The first-order valence-electron chi connectivity index (χ1n) is 9.38. The van der Waals surface area contributed by atoms with Gasteiger partial charge in [0.25, 0.3) is 5.91 Å². The van der Waals surface area contributed by atoms with Crippen LogP contribution in [-0.2, 0) is 6.42 Å². The fourth-order valence-corrected chi connectivity index (χ4v) is 3.74. The Balaban J connectivity index is 1.38. The number of aromatic nitrogens is 3. The van der Waals surface area contributed by atoms with Crippen molar-refractivity contribution in [1.29, 1.82) is 0 Å². The van der Waals surface area contributed by atoms with Crippen molar-refractivity contribution in [2.24, 2.45) is 0 Å². The van der Waals surface area contributed by atoms with Gasteiger partial charge in [-0.1, -0.05) is 0 Å². The third kappa shape index (κ3) is 3.17. The molecular formula is C21H18F2N4O. The summed E-state index contributed by atoms with van der Waals surface area (Å²) >= 11 is 0. The number of hydrogen-bond donors (Lipinski definition) is 1. The molecule has 1 fully saturated rings. The largest absolute Gasteiger partial charge is 0.345 e. The second-order valence-corrected chi connectivity index (χ2v) is 7.41. The molecule has 1 atom stereocenters. The van der Waals surface area contributed by atoms with E-state index in [4.69, 9.17) is 0 Å². The summed E-state index contributed by atoms with van der Waals surface area (Å²) in [5, 5.41) is 7.53. The van der Waals surface area contributed by atoms with Crippen molar-refractivity contribution in [3.8, 4) is 5.69 Å². The monoisotopic (exact) mass is 380 g/mol. The van der Waals surface area contributed by atoms with E-state index in [1.165, 1.54) is 12.8 Å². The Morgan fingerprint density at radius 2 is 1.89 bits per heavy atom. The van der Waals surface area contributed by atoms with Crippen LogP contribution >= 0.6 is 0 Å². The van der Waals surface area contributed by atoms with Crippen molar-refractivity contribution < 1.29 is 13.6 Å². The predicted molar refractivity (Wildman–Crippen MR) is 98.2 cm³/mol. The highest BCUT2D eigenvalue weighted by atomic mass is 19.1. The van der Waals surface area contributed by atoms with Crippen molar-refractivity contribution in [3.05, 3.63) is 76.9 Å². The first kappa shape index (κ1) is 17.0. The molecule has 28 heavy (non-hydrogen) atoms. The first-order chi connectivity index (χ1) is 13.6. The molecule has 2 heterocycles. The van der Waals surface area contributed by atoms with Crippen molar-refractivity contribution >= 4 is 5.91 Å². The average molecular weight is 380 g/mol. The highest BCUT2D eigenvalue weighted by Crippen LogP contribution is 2.39. The fourth-order valence-electron chi connectivity index (χ4n) is 3.74. The second-order valence-electron chi connectivity index (χ2n) is 7.41. The van der Waals surface area contributed by atoms with Gasteiger partial charge in [-0.25, -0.2) is 13.5 Å². The number of nitrogens with one attached hydrogen (secondary N) is 1. The lowest BCUT2D eigenvalue weighted by atomic mass is 10.1. The summed E-state index contributed by atoms with van der Waals surface area (Å²) in [5.41, 5.74) is 3.88.